The Labute approximate surface area is 167 Å². The highest BCUT2D eigenvalue weighted by molar-refractivity contribution is 8.00. The van der Waals surface area contributed by atoms with E-state index in [1.165, 1.54) is 16.3 Å². The molecule has 5 rings (SSSR count). The predicted octanol–water partition coefficient (Wildman–Crippen LogP) is 4.38. The van der Waals surface area contributed by atoms with Crippen LogP contribution < -0.4 is 0 Å². The Morgan fingerprint density at radius 3 is 2.74 bits per heavy atom. The highest BCUT2D eigenvalue weighted by atomic mass is 32.2. The number of aromatic nitrogens is 6. The molecule has 0 spiro atoms. The van der Waals surface area contributed by atoms with E-state index in [9.17, 15) is 0 Å². The van der Waals surface area contributed by atoms with Crippen LogP contribution >= 0.6 is 34.4 Å². The van der Waals surface area contributed by atoms with Crippen molar-refractivity contribution in [2.24, 2.45) is 0 Å². The average molecular weight is 411 g/mol. The van der Waals surface area contributed by atoms with Gasteiger partial charge in [0.15, 0.2) is 10.2 Å². The minimum atomic E-state index is 0.674. The summed E-state index contributed by atoms with van der Waals surface area (Å²) >= 11 is 4.79. The summed E-state index contributed by atoms with van der Waals surface area (Å²) in [5.74, 6) is 1.51. The van der Waals surface area contributed by atoms with Crippen LogP contribution in [0.5, 0.6) is 0 Å². The number of thioether (sulfide) groups is 1. The zero-order valence-electron chi connectivity index (χ0n) is 14.4. The second-order valence-corrected chi connectivity index (χ2v) is 9.44. The fourth-order valence-electron chi connectivity index (χ4n) is 2.93. The van der Waals surface area contributed by atoms with Crippen LogP contribution in [0, 0.1) is 6.92 Å². The lowest BCUT2D eigenvalue weighted by Gasteiger charge is -2.04. The maximum Gasteiger partial charge on any atom is 0.234 e. The van der Waals surface area contributed by atoms with Gasteiger partial charge in [-0.25, -0.2) is 0 Å². The van der Waals surface area contributed by atoms with Crippen molar-refractivity contribution in [1.82, 2.24) is 30.0 Å². The van der Waals surface area contributed by atoms with Gasteiger partial charge in [-0.15, -0.1) is 20.4 Å². The second kappa shape index (κ2) is 6.99. The summed E-state index contributed by atoms with van der Waals surface area (Å²) in [5.41, 5.74) is 1.28. The normalized spacial score (nSPS) is 11.6. The Balaban J connectivity index is 1.41. The molecule has 0 saturated heterocycles. The molecule has 134 valence electrons. The van der Waals surface area contributed by atoms with Crippen LogP contribution in [0.25, 0.3) is 15.7 Å². The monoisotopic (exact) mass is 410 g/mol. The van der Waals surface area contributed by atoms with Crippen LogP contribution in [0.4, 0.5) is 0 Å². The summed E-state index contributed by atoms with van der Waals surface area (Å²) < 4.78 is 2.79. The van der Waals surface area contributed by atoms with Crippen LogP contribution in [0.1, 0.15) is 21.4 Å². The molecule has 0 fully saturated rings. The van der Waals surface area contributed by atoms with Crippen LogP contribution in [0.15, 0.2) is 46.8 Å². The topological polar surface area (TPSA) is 68.9 Å². The number of rotatable bonds is 5. The van der Waals surface area contributed by atoms with Gasteiger partial charge < -0.3 is 0 Å². The molecular weight excluding hydrogens is 396 g/mol. The van der Waals surface area contributed by atoms with Gasteiger partial charge in [-0.2, -0.15) is 9.61 Å². The average Bonchev–Trinajstić information content (AvgIpc) is 3.37. The van der Waals surface area contributed by atoms with Gasteiger partial charge in [-0.1, -0.05) is 76.9 Å². The molecule has 5 aromatic rings. The van der Waals surface area contributed by atoms with Crippen molar-refractivity contribution >= 4 is 50.2 Å². The first-order valence-electron chi connectivity index (χ1n) is 8.36. The first-order valence-corrected chi connectivity index (χ1v) is 11.0. The van der Waals surface area contributed by atoms with Crippen molar-refractivity contribution in [1.29, 1.82) is 0 Å². The molecule has 6 nitrogen and oxygen atoms in total. The lowest BCUT2D eigenvalue weighted by molar-refractivity contribution is 0.856. The van der Waals surface area contributed by atoms with E-state index in [1.54, 1.807) is 34.4 Å². The molecule has 0 bridgehead atoms. The summed E-state index contributed by atoms with van der Waals surface area (Å²) in [6, 6.07) is 14.9. The third-order valence-corrected chi connectivity index (χ3v) is 7.02. The van der Waals surface area contributed by atoms with E-state index in [2.05, 4.69) is 62.9 Å². The SMILES string of the molecule is Cc1nnc(SCc2nnc3sc(Cc4cccc5ccccc45)nn23)s1. The summed E-state index contributed by atoms with van der Waals surface area (Å²) in [6.07, 6.45) is 0.789. The Kier molecular flexibility index (Phi) is 4.35. The van der Waals surface area contributed by atoms with Crippen LogP contribution in [0.2, 0.25) is 0 Å². The molecule has 0 radical (unpaired) electrons. The minimum absolute atomic E-state index is 0.674. The molecule has 0 amide bonds. The maximum absolute atomic E-state index is 4.76. The standard InChI is InChI=1S/C18H14N6S3/c1-11-19-22-18(26-11)25-10-15-20-21-17-24(15)23-16(27-17)9-13-7-4-6-12-5-2-3-8-14(12)13/h2-8H,9-10H2,1H3. The Morgan fingerprint density at radius 2 is 1.85 bits per heavy atom. The second-order valence-electron chi connectivity index (χ2n) is 6.00. The van der Waals surface area contributed by atoms with Crippen LogP contribution in [-0.4, -0.2) is 30.0 Å². The lowest BCUT2D eigenvalue weighted by atomic mass is 10.0. The van der Waals surface area contributed by atoms with Gasteiger partial charge in [0.1, 0.15) is 10.0 Å². The first-order chi connectivity index (χ1) is 13.3. The zero-order valence-corrected chi connectivity index (χ0v) is 16.8. The molecule has 0 atom stereocenters. The van der Waals surface area contributed by atoms with Gasteiger partial charge >= 0.3 is 0 Å². The van der Waals surface area contributed by atoms with Crippen molar-refractivity contribution in [2.75, 3.05) is 0 Å². The van der Waals surface area contributed by atoms with Crippen molar-refractivity contribution in [2.45, 2.75) is 23.4 Å². The third kappa shape index (κ3) is 3.33. The molecular formula is C18H14N6S3. The van der Waals surface area contributed by atoms with E-state index in [0.717, 1.165) is 31.6 Å². The Bertz CT molecular complexity index is 1230. The molecule has 0 aliphatic carbocycles. The van der Waals surface area contributed by atoms with Crippen LogP contribution in [-0.2, 0) is 12.2 Å². The van der Waals surface area contributed by atoms with E-state index in [0.29, 0.717) is 5.75 Å². The van der Waals surface area contributed by atoms with Gasteiger partial charge in [0.05, 0.1) is 5.75 Å². The highest BCUT2D eigenvalue weighted by Gasteiger charge is 2.14. The number of aryl methyl sites for hydroxylation is 1. The fraction of sp³-hybridized carbons (Fsp3) is 0.167. The number of nitrogens with zero attached hydrogens (tertiary/aromatic N) is 6. The van der Waals surface area contributed by atoms with Gasteiger partial charge in [0.25, 0.3) is 0 Å². The van der Waals surface area contributed by atoms with Crippen molar-refractivity contribution in [3.8, 4) is 0 Å². The molecule has 0 N–H and O–H groups in total. The van der Waals surface area contributed by atoms with E-state index in [4.69, 9.17) is 5.10 Å². The summed E-state index contributed by atoms with van der Waals surface area (Å²) in [7, 11) is 0. The summed E-state index contributed by atoms with van der Waals surface area (Å²) in [4.78, 5) is 0.828. The molecule has 0 saturated carbocycles. The summed E-state index contributed by atoms with van der Waals surface area (Å²) in [5, 5.41) is 26.0. The smallest absolute Gasteiger partial charge is 0.186 e. The number of hydrogen-bond acceptors (Lipinski definition) is 8. The lowest BCUT2D eigenvalue weighted by Crippen LogP contribution is -1.96. The number of benzene rings is 2. The third-order valence-electron chi connectivity index (χ3n) is 4.15. The largest absolute Gasteiger partial charge is 0.234 e. The van der Waals surface area contributed by atoms with E-state index < -0.39 is 0 Å². The van der Waals surface area contributed by atoms with Gasteiger partial charge in [-0.3, -0.25) is 0 Å². The molecule has 0 aliphatic heterocycles. The van der Waals surface area contributed by atoms with Gasteiger partial charge in [0, 0.05) is 6.42 Å². The van der Waals surface area contributed by atoms with E-state index in [1.807, 2.05) is 11.4 Å². The van der Waals surface area contributed by atoms with Gasteiger partial charge in [0.2, 0.25) is 4.96 Å². The molecule has 2 aromatic carbocycles. The maximum atomic E-state index is 4.76. The Hall–Kier alpha value is -2.36. The fourth-order valence-corrected chi connectivity index (χ4v) is 5.53. The number of hydrogen-bond donors (Lipinski definition) is 0. The quantitative estimate of drug-likeness (QED) is 0.401. The molecule has 0 unspecified atom stereocenters. The molecule has 0 aliphatic rings. The molecule has 27 heavy (non-hydrogen) atoms. The summed E-state index contributed by atoms with van der Waals surface area (Å²) in [6.45, 7) is 1.96. The zero-order chi connectivity index (χ0) is 18.2. The predicted molar refractivity (Wildman–Crippen MR) is 110 cm³/mol. The Morgan fingerprint density at radius 1 is 0.963 bits per heavy atom. The van der Waals surface area contributed by atoms with Crippen LogP contribution in [0.3, 0.4) is 0 Å². The van der Waals surface area contributed by atoms with Crippen molar-refractivity contribution < 1.29 is 0 Å². The highest BCUT2D eigenvalue weighted by Crippen LogP contribution is 2.27. The molecule has 9 heteroatoms. The van der Waals surface area contributed by atoms with E-state index >= 15 is 0 Å². The molecule has 3 aromatic heterocycles. The van der Waals surface area contributed by atoms with Gasteiger partial charge in [-0.05, 0) is 23.3 Å². The number of fused-ring (bicyclic) bond motifs is 2. The molecule has 3 heterocycles. The first kappa shape index (κ1) is 16.8. The van der Waals surface area contributed by atoms with E-state index in [-0.39, 0.29) is 0 Å². The van der Waals surface area contributed by atoms with Crippen molar-refractivity contribution in [3.05, 3.63) is 63.9 Å². The van der Waals surface area contributed by atoms with Crippen molar-refractivity contribution in [3.63, 3.8) is 0 Å². The minimum Gasteiger partial charge on any atom is -0.186 e.